The molecule has 1 aliphatic rings. The lowest BCUT2D eigenvalue weighted by Gasteiger charge is -2.16. The van der Waals surface area contributed by atoms with Gasteiger partial charge in [-0.25, -0.2) is 0 Å². The van der Waals surface area contributed by atoms with Gasteiger partial charge in [0.25, 0.3) is 5.91 Å². The number of fused-ring (bicyclic) bond motifs is 1. The van der Waals surface area contributed by atoms with Crippen LogP contribution in [-0.4, -0.2) is 47.0 Å². The second-order valence-corrected chi connectivity index (χ2v) is 7.16. The van der Waals surface area contributed by atoms with Gasteiger partial charge in [-0.2, -0.15) is 5.10 Å². The third kappa shape index (κ3) is 3.89. The molecular formula is C21H23N5O2. The Labute approximate surface area is 163 Å². The first-order valence-corrected chi connectivity index (χ1v) is 9.40. The van der Waals surface area contributed by atoms with Crippen LogP contribution >= 0.6 is 0 Å². The fourth-order valence-corrected chi connectivity index (χ4v) is 3.69. The van der Waals surface area contributed by atoms with Gasteiger partial charge >= 0.3 is 0 Å². The van der Waals surface area contributed by atoms with Crippen LogP contribution in [0.15, 0.2) is 48.7 Å². The van der Waals surface area contributed by atoms with Crippen LogP contribution in [0.2, 0.25) is 0 Å². The highest BCUT2D eigenvalue weighted by Gasteiger charge is 2.27. The molecule has 3 N–H and O–H groups in total. The summed E-state index contributed by atoms with van der Waals surface area (Å²) in [4.78, 5) is 26.7. The Hall–Kier alpha value is -3.19. The van der Waals surface area contributed by atoms with Gasteiger partial charge in [-0.05, 0) is 48.9 Å². The highest BCUT2D eigenvalue weighted by Crippen LogP contribution is 2.20. The van der Waals surface area contributed by atoms with Crippen LogP contribution in [0.4, 0.5) is 5.69 Å². The summed E-state index contributed by atoms with van der Waals surface area (Å²) in [5.41, 5.74) is 3.35. The Bertz CT molecular complexity index is 1010. The molecule has 1 atom stereocenters. The molecule has 2 heterocycles. The van der Waals surface area contributed by atoms with Crippen molar-refractivity contribution in [1.82, 2.24) is 20.4 Å². The molecule has 1 aromatic heterocycles. The molecule has 4 rings (SSSR count). The van der Waals surface area contributed by atoms with Gasteiger partial charge in [-0.1, -0.05) is 12.1 Å². The van der Waals surface area contributed by atoms with Crippen molar-refractivity contribution in [2.75, 3.05) is 25.5 Å². The van der Waals surface area contributed by atoms with Crippen LogP contribution in [0.1, 0.15) is 22.3 Å². The van der Waals surface area contributed by atoms with E-state index >= 15 is 0 Å². The molecule has 0 spiro atoms. The van der Waals surface area contributed by atoms with Crippen molar-refractivity contribution in [3.05, 3.63) is 59.8 Å². The first-order valence-electron chi connectivity index (χ1n) is 9.40. The summed E-state index contributed by atoms with van der Waals surface area (Å²) in [6.45, 7) is 2.37. The third-order valence-corrected chi connectivity index (χ3v) is 5.18. The van der Waals surface area contributed by atoms with E-state index in [4.69, 9.17) is 0 Å². The lowest BCUT2D eigenvalue weighted by atomic mass is 10.1. The molecule has 3 aromatic rings. The van der Waals surface area contributed by atoms with E-state index < -0.39 is 0 Å². The zero-order valence-corrected chi connectivity index (χ0v) is 15.7. The molecule has 7 nitrogen and oxygen atoms in total. The number of likely N-dealkylation sites (tertiary alicyclic amines) is 1. The number of benzene rings is 2. The predicted octanol–water partition coefficient (Wildman–Crippen LogP) is 2.38. The number of amides is 2. The molecule has 2 aromatic carbocycles. The largest absolute Gasteiger partial charge is 0.359 e. The molecule has 0 aliphatic carbocycles. The van der Waals surface area contributed by atoms with Crippen LogP contribution in [0.25, 0.3) is 10.9 Å². The second-order valence-electron chi connectivity index (χ2n) is 7.16. The number of nitrogens with zero attached hydrogens (tertiary/aromatic N) is 2. The average Bonchev–Trinajstić information content (AvgIpc) is 3.36. The van der Waals surface area contributed by atoms with Gasteiger partial charge < -0.3 is 10.6 Å². The third-order valence-electron chi connectivity index (χ3n) is 5.18. The number of hydrogen-bond acceptors (Lipinski definition) is 4. The normalized spacial score (nSPS) is 17.0. The first-order chi connectivity index (χ1) is 13.6. The van der Waals surface area contributed by atoms with E-state index in [9.17, 15) is 9.59 Å². The maximum Gasteiger partial charge on any atom is 0.255 e. The predicted molar refractivity (Wildman–Crippen MR) is 108 cm³/mol. The highest BCUT2D eigenvalue weighted by molar-refractivity contribution is 6.05. The second kappa shape index (κ2) is 7.82. The molecule has 0 saturated carbocycles. The lowest BCUT2D eigenvalue weighted by Crippen LogP contribution is -2.30. The number of hydrogen-bond donors (Lipinski definition) is 3. The minimum atomic E-state index is -0.144. The summed E-state index contributed by atoms with van der Waals surface area (Å²) in [5.74, 6) is 0.00823. The number of nitrogens with one attached hydrogen (secondary N) is 3. The van der Waals surface area contributed by atoms with E-state index in [1.807, 2.05) is 42.5 Å². The minimum Gasteiger partial charge on any atom is -0.359 e. The fourth-order valence-electron chi connectivity index (χ4n) is 3.69. The van der Waals surface area contributed by atoms with Crippen LogP contribution in [0, 0.1) is 5.92 Å². The van der Waals surface area contributed by atoms with Gasteiger partial charge in [-0.15, -0.1) is 0 Å². The molecule has 7 heteroatoms. The number of rotatable bonds is 5. The van der Waals surface area contributed by atoms with Crippen molar-refractivity contribution in [1.29, 1.82) is 0 Å². The molecule has 144 valence electrons. The number of H-pyrrole nitrogens is 1. The zero-order chi connectivity index (χ0) is 19.5. The summed E-state index contributed by atoms with van der Waals surface area (Å²) in [6, 6.07) is 13.3. The smallest absolute Gasteiger partial charge is 0.255 e. The Morgan fingerprint density at radius 2 is 2.14 bits per heavy atom. The lowest BCUT2D eigenvalue weighted by molar-refractivity contribution is -0.124. The Morgan fingerprint density at radius 1 is 1.25 bits per heavy atom. The number of aromatic amines is 1. The maximum absolute atomic E-state index is 12.7. The van der Waals surface area contributed by atoms with Crippen molar-refractivity contribution in [3.63, 3.8) is 0 Å². The highest BCUT2D eigenvalue weighted by atomic mass is 16.2. The zero-order valence-electron chi connectivity index (χ0n) is 15.7. The van der Waals surface area contributed by atoms with Gasteiger partial charge in [0, 0.05) is 36.8 Å². The topological polar surface area (TPSA) is 90.1 Å². The van der Waals surface area contributed by atoms with E-state index in [1.165, 1.54) is 0 Å². The summed E-state index contributed by atoms with van der Waals surface area (Å²) in [6.07, 6.45) is 2.60. The van der Waals surface area contributed by atoms with Gasteiger partial charge in [0.1, 0.15) is 0 Å². The number of aromatic nitrogens is 2. The SMILES string of the molecule is CNC(=O)C1CCN(Cc2cccc(C(=O)Nc3ccc4[nH]ncc4c3)c2)C1. The monoisotopic (exact) mass is 377 g/mol. The van der Waals surface area contributed by atoms with E-state index in [-0.39, 0.29) is 17.7 Å². The number of anilines is 1. The van der Waals surface area contributed by atoms with Crippen molar-refractivity contribution >= 4 is 28.4 Å². The molecule has 1 fully saturated rings. The Balaban J connectivity index is 1.41. The van der Waals surface area contributed by atoms with Crippen LogP contribution in [-0.2, 0) is 11.3 Å². The van der Waals surface area contributed by atoms with Crippen LogP contribution in [0.3, 0.4) is 0 Å². The summed E-state index contributed by atoms with van der Waals surface area (Å²) in [5, 5.41) is 13.5. The van der Waals surface area contributed by atoms with Gasteiger partial charge in [-0.3, -0.25) is 19.6 Å². The van der Waals surface area contributed by atoms with Crippen molar-refractivity contribution in [2.24, 2.45) is 5.92 Å². The van der Waals surface area contributed by atoms with Crippen molar-refractivity contribution in [3.8, 4) is 0 Å². The number of carbonyl (C=O) groups is 2. The Kier molecular flexibility index (Phi) is 5.08. The van der Waals surface area contributed by atoms with Gasteiger partial charge in [0.15, 0.2) is 0 Å². The average molecular weight is 377 g/mol. The van der Waals surface area contributed by atoms with E-state index in [1.54, 1.807) is 13.2 Å². The van der Waals surface area contributed by atoms with Crippen LogP contribution in [0.5, 0.6) is 0 Å². The Morgan fingerprint density at radius 3 is 3.00 bits per heavy atom. The van der Waals surface area contributed by atoms with E-state index in [0.29, 0.717) is 5.56 Å². The summed E-state index contributed by atoms with van der Waals surface area (Å²) in [7, 11) is 1.68. The molecule has 28 heavy (non-hydrogen) atoms. The standard InChI is InChI=1S/C21H23N5O2/c1-22-20(27)16-7-8-26(13-16)12-14-3-2-4-15(9-14)21(28)24-18-5-6-19-17(10-18)11-23-25-19/h2-6,9-11,16H,7-8,12-13H2,1H3,(H,22,27)(H,23,25)(H,24,28). The van der Waals surface area contributed by atoms with Crippen LogP contribution < -0.4 is 10.6 Å². The quantitative estimate of drug-likeness (QED) is 0.637. The van der Waals surface area contributed by atoms with E-state index in [2.05, 4.69) is 25.7 Å². The maximum atomic E-state index is 12.7. The van der Waals surface area contributed by atoms with Gasteiger partial charge in [0.05, 0.1) is 17.6 Å². The summed E-state index contributed by atoms with van der Waals surface area (Å²) >= 11 is 0. The van der Waals surface area contributed by atoms with Crippen molar-refractivity contribution < 1.29 is 9.59 Å². The molecular weight excluding hydrogens is 354 g/mol. The van der Waals surface area contributed by atoms with E-state index in [0.717, 1.165) is 48.2 Å². The molecule has 0 bridgehead atoms. The first kappa shape index (κ1) is 18.2. The summed E-state index contributed by atoms with van der Waals surface area (Å²) < 4.78 is 0. The fraction of sp³-hybridized carbons (Fsp3) is 0.286. The molecule has 1 unspecified atom stereocenters. The molecule has 0 radical (unpaired) electrons. The molecule has 1 saturated heterocycles. The molecule has 1 aliphatic heterocycles. The number of carbonyl (C=O) groups excluding carboxylic acids is 2. The van der Waals surface area contributed by atoms with Gasteiger partial charge in [0.2, 0.25) is 5.91 Å². The van der Waals surface area contributed by atoms with Crippen molar-refractivity contribution in [2.45, 2.75) is 13.0 Å². The molecule has 2 amide bonds. The minimum absolute atomic E-state index is 0.0503.